The second-order valence-electron chi connectivity index (χ2n) is 3.45. The Bertz CT molecular complexity index is 137. The minimum Gasteiger partial charge on any atom is -0.356 e. The van der Waals surface area contributed by atoms with Crippen LogP contribution in [-0.4, -0.2) is 19.0 Å². The van der Waals surface area contributed by atoms with Crippen molar-refractivity contribution in [2.75, 3.05) is 13.1 Å². The van der Waals surface area contributed by atoms with Gasteiger partial charge < -0.3 is 11.1 Å². The predicted molar refractivity (Wildman–Crippen MR) is 55.4 cm³/mol. The molecule has 0 saturated heterocycles. The molecular formula is C10H22N2O. The molecule has 0 aromatic carbocycles. The summed E-state index contributed by atoms with van der Waals surface area (Å²) in [6, 6.07) is 0. The van der Waals surface area contributed by atoms with Crippen LogP contribution in [0.2, 0.25) is 0 Å². The smallest absolute Gasteiger partial charge is 0.222 e. The summed E-state index contributed by atoms with van der Waals surface area (Å²) in [4.78, 5) is 11.3. The van der Waals surface area contributed by atoms with Crippen LogP contribution < -0.4 is 11.1 Å². The summed E-state index contributed by atoms with van der Waals surface area (Å²) in [7, 11) is 0. The van der Waals surface area contributed by atoms with E-state index in [1.807, 2.05) is 13.8 Å². The summed E-state index contributed by atoms with van der Waals surface area (Å²) in [5.74, 6) is 0.324. The second kappa shape index (κ2) is 8.05. The first-order chi connectivity index (χ1) is 6.22. The molecule has 0 spiro atoms. The summed E-state index contributed by atoms with van der Waals surface area (Å²) in [5, 5.41) is 2.91. The van der Waals surface area contributed by atoms with Crippen LogP contribution in [0.4, 0.5) is 0 Å². The quantitative estimate of drug-likeness (QED) is 0.588. The molecule has 0 aromatic rings. The SMILES string of the molecule is CCC(C)C(=O)NCCCCCN. The van der Waals surface area contributed by atoms with E-state index in [1.165, 1.54) is 0 Å². The van der Waals surface area contributed by atoms with Gasteiger partial charge in [0.25, 0.3) is 0 Å². The number of hydrogen-bond acceptors (Lipinski definition) is 2. The fourth-order valence-electron chi connectivity index (χ4n) is 1.02. The van der Waals surface area contributed by atoms with E-state index in [0.717, 1.165) is 38.8 Å². The Kier molecular flexibility index (Phi) is 7.69. The number of nitrogens with two attached hydrogens (primary N) is 1. The molecule has 1 unspecified atom stereocenters. The van der Waals surface area contributed by atoms with Gasteiger partial charge in [-0.1, -0.05) is 20.3 Å². The van der Waals surface area contributed by atoms with Crippen molar-refractivity contribution < 1.29 is 4.79 Å². The summed E-state index contributed by atoms with van der Waals surface area (Å²) < 4.78 is 0. The Morgan fingerprint density at radius 1 is 1.38 bits per heavy atom. The lowest BCUT2D eigenvalue weighted by atomic mass is 10.1. The number of hydrogen-bond donors (Lipinski definition) is 2. The lowest BCUT2D eigenvalue weighted by molar-refractivity contribution is -0.124. The zero-order valence-corrected chi connectivity index (χ0v) is 8.81. The first-order valence-corrected chi connectivity index (χ1v) is 5.20. The molecule has 0 aliphatic rings. The molecule has 0 bridgehead atoms. The zero-order valence-electron chi connectivity index (χ0n) is 8.81. The van der Waals surface area contributed by atoms with Gasteiger partial charge in [-0.25, -0.2) is 0 Å². The maximum Gasteiger partial charge on any atom is 0.222 e. The summed E-state index contributed by atoms with van der Waals surface area (Å²) in [6.07, 6.45) is 4.12. The number of amides is 1. The fraction of sp³-hybridized carbons (Fsp3) is 0.900. The topological polar surface area (TPSA) is 55.1 Å². The lowest BCUT2D eigenvalue weighted by Gasteiger charge is -2.09. The summed E-state index contributed by atoms with van der Waals surface area (Å²) >= 11 is 0. The van der Waals surface area contributed by atoms with Gasteiger partial charge in [-0.3, -0.25) is 4.79 Å². The van der Waals surface area contributed by atoms with E-state index >= 15 is 0 Å². The number of rotatable bonds is 7. The van der Waals surface area contributed by atoms with Gasteiger partial charge in [0.2, 0.25) is 5.91 Å². The van der Waals surface area contributed by atoms with Crippen LogP contribution in [0.25, 0.3) is 0 Å². The monoisotopic (exact) mass is 186 g/mol. The molecule has 78 valence electrons. The average Bonchev–Trinajstić information content (AvgIpc) is 2.16. The molecule has 0 aliphatic heterocycles. The Morgan fingerprint density at radius 3 is 2.62 bits per heavy atom. The Labute approximate surface area is 81.1 Å². The Morgan fingerprint density at radius 2 is 2.08 bits per heavy atom. The fourth-order valence-corrected chi connectivity index (χ4v) is 1.02. The highest BCUT2D eigenvalue weighted by atomic mass is 16.1. The highest BCUT2D eigenvalue weighted by Gasteiger charge is 2.08. The average molecular weight is 186 g/mol. The van der Waals surface area contributed by atoms with Crippen molar-refractivity contribution in [1.29, 1.82) is 0 Å². The number of nitrogens with one attached hydrogen (secondary N) is 1. The molecule has 1 atom stereocenters. The van der Waals surface area contributed by atoms with Crippen molar-refractivity contribution in [2.45, 2.75) is 39.5 Å². The van der Waals surface area contributed by atoms with Crippen molar-refractivity contribution in [3.8, 4) is 0 Å². The molecule has 0 saturated carbocycles. The van der Waals surface area contributed by atoms with Crippen LogP contribution in [0.3, 0.4) is 0 Å². The zero-order chi connectivity index (χ0) is 10.1. The van der Waals surface area contributed by atoms with Crippen molar-refractivity contribution in [2.24, 2.45) is 11.7 Å². The van der Waals surface area contributed by atoms with Gasteiger partial charge >= 0.3 is 0 Å². The van der Waals surface area contributed by atoms with Gasteiger partial charge in [-0.2, -0.15) is 0 Å². The molecule has 1 amide bonds. The first-order valence-electron chi connectivity index (χ1n) is 5.20. The van der Waals surface area contributed by atoms with Crippen molar-refractivity contribution in [3.05, 3.63) is 0 Å². The molecule has 0 rings (SSSR count). The molecule has 3 heteroatoms. The van der Waals surface area contributed by atoms with E-state index in [0.29, 0.717) is 0 Å². The number of carbonyl (C=O) groups is 1. The maximum atomic E-state index is 11.3. The molecule has 3 N–H and O–H groups in total. The van der Waals surface area contributed by atoms with Crippen LogP contribution in [-0.2, 0) is 4.79 Å². The van der Waals surface area contributed by atoms with E-state index in [4.69, 9.17) is 5.73 Å². The predicted octanol–water partition coefficient (Wildman–Crippen LogP) is 1.28. The maximum absolute atomic E-state index is 11.3. The minimum atomic E-state index is 0.148. The molecule has 3 nitrogen and oxygen atoms in total. The van der Waals surface area contributed by atoms with Gasteiger partial charge in [0.15, 0.2) is 0 Å². The van der Waals surface area contributed by atoms with E-state index < -0.39 is 0 Å². The van der Waals surface area contributed by atoms with Gasteiger partial charge in [-0.15, -0.1) is 0 Å². The number of unbranched alkanes of at least 4 members (excludes halogenated alkanes) is 2. The van der Waals surface area contributed by atoms with Gasteiger partial charge in [-0.05, 0) is 25.8 Å². The van der Waals surface area contributed by atoms with Gasteiger partial charge in [0.05, 0.1) is 0 Å². The largest absolute Gasteiger partial charge is 0.356 e. The minimum absolute atomic E-state index is 0.148. The normalized spacial score (nSPS) is 12.5. The second-order valence-corrected chi connectivity index (χ2v) is 3.45. The molecule has 0 aromatic heterocycles. The van der Waals surface area contributed by atoms with E-state index in [9.17, 15) is 4.79 Å². The van der Waals surface area contributed by atoms with E-state index in [2.05, 4.69) is 5.32 Å². The van der Waals surface area contributed by atoms with E-state index in [1.54, 1.807) is 0 Å². The number of carbonyl (C=O) groups excluding carboxylic acids is 1. The summed E-state index contributed by atoms with van der Waals surface area (Å²) in [6.45, 7) is 5.52. The third-order valence-electron chi connectivity index (χ3n) is 2.24. The van der Waals surface area contributed by atoms with E-state index in [-0.39, 0.29) is 11.8 Å². The molecule has 13 heavy (non-hydrogen) atoms. The van der Waals surface area contributed by atoms with Crippen LogP contribution in [0.1, 0.15) is 39.5 Å². The van der Waals surface area contributed by atoms with Gasteiger partial charge in [0, 0.05) is 12.5 Å². The third kappa shape index (κ3) is 6.58. The first kappa shape index (κ1) is 12.4. The van der Waals surface area contributed by atoms with Crippen molar-refractivity contribution in [3.63, 3.8) is 0 Å². The highest BCUT2D eigenvalue weighted by Crippen LogP contribution is 2.00. The van der Waals surface area contributed by atoms with Crippen molar-refractivity contribution in [1.82, 2.24) is 5.32 Å². The third-order valence-corrected chi connectivity index (χ3v) is 2.24. The van der Waals surface area contributed by atoms with Crippen LogP contribution in [0.5, 0.6) is 0 Å². The van der Waals surface area contributed by atoms with Crippen LogP contribution in [0.15, 0.2) is 0 Å². The molecule has 0 radical (unpaired) electrons. The Hall–Kier alpha value is -0.570. The Balaban J connectivity index is 3.27. The standard InChI is InChI=1S/C10H22N2O/c1-3-9(2)10(13)12-8-6-4-5-7-11/h9H,3-8,11H2,1-2H3,(H,12,13). The summed E-state index contributed by atoms with van der Waals surface area (Å²) in [5.41, 5.74) is 5.35. The molecule has 0 aliphatic carbocycles. The lowest BCUT2D eigenvalue weighted by Crippen LogP contribution is -2.29. The van der Waals surface area contributed by atoms with Crippen LogP contribution in [0, 0.1) is 5.92 Å². The van der Waals surface area contributed by atoms with Crippen molar-refractivity contribution >= 4 is 5.91 Å². The molecular weight excluding hydrogens is 164 g/mol. The van der Waals surface area contributed by atoms with Gasteiger partial charge in [0.1, 0.15) is 0 Å². The van der Waals surface area contributed by atoms with Crippen LogP contribution >= 0.6 is 0 Å². The highest BCUT2D eigenvalue weighted by molar-refractivity contribution is 5.78. The molecule has 0 heterocycles. The molecule has 0 fully saturated rings.